The van der Waals surface area contributed by atoms with Crippen molar-refractivity contribution in [3.63, 3.8) is 0 Å². The average Bonchev–Trinajstić information content (AvgIpc) is 2.60. The molecule has 1 atom stereocenters. The van der Waals surface area contributed by atoms with Gasteiger partial charge in [-0.2, -0.15) is 0 Å². The largest absolute Gasteiger partial charge is 0.444 e. The summed E-state index contributed by atoms with van der Waals surface area (Å²) < 4.78 is 6.90. The minimum absolute atomic E-state index is 0.165. The minimum atomic E-state index is -0.614. The molecule has 28 heavy (non-hydrogen) atoms. The number of carbonyl (C=O) groups is 1. The van der Waals surface area contributed by atoms with E-state index in [0.29, 0.717) is 22.4 Å². The van der Waals surface area contributed by atoms with Gasteiger partial charge in [0.1, 0.15) is 11.4 Å². The lowest BCUT2D eigenvalue weighted by Crippen LogP contribution is -2.37. The van der Waals surface area contributed by atoms with Crippen LogP contribution in [0.4, 0.5) is 4.79 Å². The number of benzene rings is 2. The van der Waals surface area contributed by atoms with Gasteiger partial charge in [-0.15, -0.1) is 0 Å². The molecule has 6 nitrogen and oxygen atoms in total. The number of aromatic nitrogens is 2. The van der Waals surface area contributed by atoms with E-state index in [1.165, 1.54) is 0 Å². The topological polar surface area (TPSA) is 73.2 Å². The first-order chi connectivity index (χ1) is 13.2. The Morgan fingerprint density at radius 1 is 1.11 bits per heavy atom. The summed E-state index contributed by atoms with van der Waals surface area (Å²) in [7, 11) is 0. The zero-order valence-electron chi connectivity index (χ0n) is 16.8. The lowest BCUT2D eigenvalue weighted by Gasteiger charge is -2.23. The molecule has 1 heterocycles. The molecule has 1 unspecified atom stereocenters. The summed E-state index contributed by atoms with van der Waals surface area (Å²) >= 11 is 0. The fourth-order valence-electron chi connectivity index (χ4n) is 3.08. The number of hydrogen-bond acceptors (Lipinski definition) is 4. The first-order valence-electron chi connectivity index (χ1n) is 9.24. The van der Waals surface area contributed by atoms with Gasteiger partial charge in [0.25, 0.3) is 5.56 Å². The highest BCUT2D eigenvalue weighted by molar-refractivity contribution is 5.81. The number of para-hydroxylation sites is 1. The van der Waals surface area contributed by atoms with E-state index in [1.54, 1.807) is 32.3 Å². The molecule has 146 valence electrons. The summed E-state index contributed by atoms with van der Waals surface area (Å²) in [5.74, 6) is 0.445. The fourth-order valence-corrected chi connectivity index (χ4v) is 3.08. The van der Waals surface area contributed by atoms with Crippen LogP contribution in [-0.2, 0) is 4.74 Å². The number of nitrogens with zero attached hydrogens (tertiary/aromatic N) is 2. The zero-order chi connectivity index (χ0) is 20.5. The van der Waals surface area contributed by atoms with Gasteiger partial charge in [0.15, 0.2) is 0 Å². The summed E-state index contributed by atoms with van der Waals surface area (Å²) in [6.45, 7) is 9.08. The van der Waals surface area contributed by atoms with E-state index in [9.17, 15) is 9.59 Å². The van der Waals surface area contributed by atoms with Gasteiger partial charge >= 0.3 is 6.09 Å². The van der Waals surface area contributed by atoms with Crippen LogP contribution in [0.25, 0.3) is 16.6 Å². The Kier molecular flexibility index (Phi) is 5.23. The summed E-state index contributed by atoms with van der Waals surface area (Å²) in [5, 5.41) is 3.36. The molecule has 0 spiro atoms. The molecule has 3 aromatic rings. The van der Waals surface area contributed by atoms with Gasteiger partial charge in [0.2, 0.25) is 0 Å². The van der Waals surface area contributed by atoms with Crippen LogP contribution < -0.4 is 10.9 Å². The van der Waals surface area contributed by atoms with Crippen molar-refractivity contribution in [1.82, 2.24) is 14.9 Å². The first-order valence-corrected chi connectivity index (χ1v) is 9.24. The molecule has 0 radical (unpaired) electrons. The number of amides is 1. The van der Waals surface area contributed by atoms with Crippen LogP contribution in [-0.4, -0.2) is 21.2 Å². The molecule has 0 aliphatic rings. The molecule has 0 saturated carbocycles. The van der Waals surface area contributed by atoms with Crippen molar-refractivity contribution < 1.29 is 9.53 Å². The summed E-state index contributed by atoms with van der Waals surface area (Å²) in [6.07, 6.45) is -0.557. The second-order valence-corrected chi connectivity index (χ2v) is 7.78. The molecule has 1 N–H and O–H groups in total. The second-order valence-electron chi connectivity index (χ2n) is 7.78. The van der Waals surface area contributed by atoms with Crippen molar-refractivity contribution >= 4 is 17.0 Å². The maximum atomic E-state index is 13.4. The number of hydrogen-bond donors (Lipinski definition) is 1. The molecule has 0 bridgehead atoms. The average molecular weight is 379 g/mol. The molecule has 0 saturated heterocycles. The third kappa shape index (κ3) is 4.06. The van der Waals surface area contributed by atoms with Gasteiger partial charge < -0.3 is 10.1 Å². The van der Waals surface area contributed by atoms with Crippen molar-refractivity contribution in [2.24, 2.45) is 0 Å². The van der Waals surface area contributed by atoms with Gasteiger partial charge in [0, 0.05) is 0 Å². The molecular weight excluding hydrogens is 354 g/mol. The number of rotatable bonds is 3. The Balaban J connectivity index is 2.15. The fraction of sp³-hybridized carbons (Fsp3) is 0.318. The standard InChI is InChI=1S/C22H25N3O3/c1-14-10-9-13-17-18(14)20(26)25(16-11-7-6-8-12-16)19(24-17)15(2)23-21(27)28-22(3,4)5/h6-13,15H,1-5H3,(H,23,27). The Morgan fingerprint density at radius 3 is 2.43 bits per heavy atom. The minimum Gasteiger partial charge on any atom is -0.444 e. The van der Waals surface area contributed by atoms with E-state index < -0.39 is 17.7 Å². The Morgan fingerprint density at radius 2 is 1.79 bits per heavy atom. The lowest BCUT2D eigenvalue weighted by atomic mass is 10.1. The van der Waals surface area contributed by atoms with E-state index in [2.05, 4.69) is 5.32 Å². The van der Waals surface area contributed by atoms with Crippen LogP contribution in [0.15, 0.2) is 53.3 Å². The van der Waals surface area contributed by atoms with E-state index in [0.717, 1.165) is 5.56 Å². The number of alkyl carbamates (subject to hydrolysis) is 1. The van der Waals surface area contributed by atoms with Crippen LogP contribution in [0, 0.1) is 6.92 Å². The quantitative estimate of drug-likeness (QED) is 0.737. The van der Waals surface area contributed by atoms with Crippen molar-refractivity contribution in [2.45, 2.75) is 46.3 Å². The molecule has 3 rings (SSSR count). The second kappa shape index (κ2) is 7.46. The molecule has 2 aromatic carbocycles. The predicted octanol–water partition coefficient (Wildman–Crippen LogP) is 4.28. The Labute approximate surface area is 164 Å². The molecule has 0 aliphatic carbocycles. The highest BCUT2D eigenvalue weighted by Crippen LogP contribution is 2.20. The van der Waals surface area contributed by atoms with Crippen LogP contribution in [0.3, 0.4) is 0 Å². The van der Waals surface area contributed by atoms with Crippen molar-refractivity contribution in [1.29, 1.82) is 0 Å². The van der Waals surface area contributed by atoms with Crippen molar-refractivity contribution in [3.05, 3.63) is 70.3 Å². The number of aryl methyl sites for hydroxylation is 1. The zero-order valence-corrected chi connectivity index (χ0v) is 16.8. The van der Waals surface area contributed by atoms with Crippen molar-refractivity contribution in [2.75, 3.05) is 0 Å². The molecule has 6 heteroatoms. The van der Waals surface area contributed by atoms with Crippen LogP contribution in [0.1, 0.15) is 45.1 Å². The summed E-state index contributed by atoms with van der Waals surface area (Å²) in [4.78, 5) is 30.3. The van der Waals surface area contributed by atoms with E-state index in [1.807, 2.05) is 55.5 Å². The number of carbonyl (C=O) groups excluding carboxylic acids is 1. The SMILES string of the molecule is Cc1cccc2nc(C(C)NC(=O)OC(C)(C)C)n(-c3ccccc3)c(=O)c12. The van der Waals surface area contributed by atoms with Crippen molar-refractivity contribution in [3.8, 4) is 5.69 Å². The van der Waals surface area contributed by atoms with E-state index in [4.69, 9.17) is 9.72 Å². The maximum Gasteiger partial charge on any atom is 0.408 e. The Hall–Kier alpha value is -3.15. The predicted molar refractivity (Wildman–Crippen MR) is 110 cm³/mol. The molecule has 0 fully saturated rings. The van der Waals surface area contributed by atoms with Crippen LogP contribution in [0.5, 0.6) is 0 Å². The number of ether oxygens (including phenoxy) is 1. The first kappa shape index (κ1) is 19.6. The highest BCUT2D eigenvalue weighted by Gasteiger charge is 2.23. The summed E-state index contributed by atoms with van der Waals surface area (Å²) in [5.41, 5.74) is 1.38. The monoisotopic (exact) mass is 379 g/mol. The molecule has 1 aromatic heterocycles. The van der Waals surface area contributed by atoms with Gasteiger partial charge in [-0.05, 0) is 58.4 Å². The van der Waals surface area contributed by atoms with Gasteiger partial charge in [-0.3, -0.25) is 9.36 Å². The highest BCUT2D eigenvalue weighted by atomic mass is 16.6. The van der Waals surface area contributed by atoms with Crippen LogP contribution in [0.2, 0.25) is 0 Å². The van der Waals surface area contributed by atoms with E-state index >= 15 is 0 Å². The summed E-state index contributed by atoms with van der Waals surface area (Å²) in [6, 6.07) is 14.3. The maximum absolute atomic E-state index is 13.4. The Bertz CT molecular complexity index is 1070. The van der Waals surface area contributed by atoms with Gasteiger partial charge in [0.05, 0.1) is 22.6 Å². The molecular formula is C22H25N3O3. The number of fused-ring (bicyclic) bond motifs is 1. The van der Waals surface area contributed by atoms with E-state index in [-0.39, 0.29) is 5.56 Å². The smallest absolute Gasteiger partial charge is 0.408 e. The normalized spacial score (nSPS) is 12.6. The van der Waals surface area contributed by atoms with Gasteiger partial charge in [-0.25, -0.2) is 9.78 Å². The third-order valence-electron chi connectivity index (χ3n) is 4.27. The number of nitrogens with one attached hydrogen (secondary N) is 1. The molecule has 0 aliphatic heterocycles. The van der Waals surface area contributed by atoms with Gasteiger partial charge in [-0.1, -0.05) is 30.3 Å². The third-order valence-corrected chi connectivity index (χ3v) is 4.27. The van der Waals surface area contributed by atoms with Crippen LogP contribution >= 0.6 is 0 Å². The molecule has 1 amide bonds. The lowest BCUT2D eigenvalue weighted by molar-refractivity contribution is 0.0505.